The first kappa shape index (κ1) is 63.3. The third kappa shape index (κ3) is 44.6. The van der Waals surface area contributed by atoms with Crippen LogP contribution in [0.2, 0.25) is 0 Å². The summed E-state index contributed by atoms with van der Waals surface area (Å²) in [5, 5.41) is 7.10. The van der Waals surface area contributed by atoms with Gasteiger partial charge in [0.05, 0.1) is 25.0 Å². The second-order valence-electron chi connectivity index (χ2n) is 19.8. The summed E-state index contributed by atoms with van der Waals surface area (Å²) >= 11 is 0. The van der Waals surface area contributed by atoms with Crippen LogP contribution in [-0.2, 0) is 28.6 Å². The van der Waals surface area contributed by atoms with Gasteiger partial charge in [0.15, 0.2) is 6.23 Å². The zero-order valence-corrected chi connectivity index (χ0v) is 44.2. The summed E-state index contributed by atoms with van der Waals surface area (Å²) in [5.41, 5.74) is 0. The Balaban J connectivity index is 4.45. The van der Waals surface area contributed by atoms with E-state index in [-0.39, 0.29) is 36.0 Å². The van der Waals surface area contributed by atoms with Gasteiger partial charge in [0, 0.05) is 6.42 Å². The normalized spacial score (nSPS) is 13.0. The molecule has 2 N–H and O–H groups in total. The van der Waals surface area contributed by atoms with Crippen molar-refractivity contribution in [3.8, 4) is 0 Å². The minimum Gasteiger partial charge on any atom is -0.465 e. The van der Waals surface area contributed by atoms with E-state index in [1.807, 2.05) is 0 Å². The lowest BCUT2D eigenvalue weighted by atomic mass is 9.94. The van der Waals surface area contributed by atoms with Crippen LogP contribution in [0.3, 0.4) is 0 Å². The number of carbonyl (C=O) groups excluding carboxylic acids is 3. The number of carbonyl (C=O) groups is 3. The van der Waals surface area contributed by atoms with Gasteiger partial charge in [0.1, 0.15) is 0 Å². The Hall–Kier alpha value is -1.71. The van der Waals surface area contributed by atoms with E-state index in [0.29, 0.717) is 19.6 Å². The Labute approximate surface area is 403 Å². The van der Waals surface area contributed by atoms with Crippen molar-refractivity contribution in [3.05, 3.63) is 0 Å². The summed E-state index contributed by atoms with van der Waals surface area (Å²) < 4.78 is 17.6. The molecule has 0 aromatic carbocycles. The van der Waals surface area contributed by atoms with E-state index in [0.717, 1.165) is 155 Å². The number of unbranched alkanes of at least 4 members (excludes halogenated alkanes) is 25. The summed E-state index contributed by atoms with van der Waals surface area (Å²) in [5.74, 6) is 0.0720. The fourth-order valence-electron chi connectivity index (χ4n) is 8.68. The zero-order chi connectivity index (χ0) is 47.7. The largest absolute Gasteiger partial charge is 0.465 e. The van der Waals surface area contributed by atoms with Crippen LogP contribution in [0.15, 0.2) is 0 Å². The Morgan fingerprint density at radius 3 is 1.32 bits per heavy atom. The fourth-order valence-corrected chi connectivity index (χ4v) is 8.68. The molecule has 65 heavy (non-hydrogen) atoms. The molecule has 0 aromatic heterocycles. The molecule has 0 rings (SSSR count). The lowest BCUT2D eigenvalue weighted by Gasteiger charge is -2.20. The van der Waals surface area contributed by atoms with Crippen LogP contribution in [0.5, 0.6) is 0 Å². The molecule has 0 fully saturated rings. The van der Waals surface area contributed by atoms with E-state index in [9.17, 15) is 14.4 Å². The first-order chi connectivity index (χ1) is 31.8. The summed E-state index contributed by atoms with van der Waals surface area (Å²) in [7, 11) is 4.13. The first-order valence-electron chi connectivity index (χ1n) is 28.4. The Morgan fingerprint density at radius 1 is 0.415 bits per heavy atom. The van der Waals surface area contributed by atoms with Gasteiger partial charge < -0.3 is 24.4 Å². The van der Waals surface area contributed by atoms with Gasteiger partial charge in [-0.2, -0.15) is 0 Å². The topological polar surface area (TPSA) is 106 Å². The molecule has 0 saturated heterocycles. The monoisotopic (exact) mass is 922 g/mol. The van der Waals surface area contributed by atoms with E-state index in [1.165, 1.54) is 109 Å². The molecule has 0 saturated carbocycles. The third-order valence-electron chi connectivity index (χ3n) is 13.1. The van der Waals surface area contributed by atoms with E-state index >= 15 is 0 Å². The highest BCUT2D eigenvalue weighted by molar-refractivity contribution is 5.72. The molecule has 0 radical (unpaired) electrons. The number of esters is 3. The van der Waals surface area contributed by atoms with Crippen LogP contribution in [0, 0.1) is 11.8 Å². The quantitative estimate of drug-likeness (QED) is 0.0267. The SMILES string of the molecule is CCCCCCCCC(CCCCCC)C(=O)OCCCCCCCCCC(NCCCCCCCCOC(=O)C(CCCCCC)CCNCCCCC)OC(=O)CCCCN(C)C. The van der Waals surface area contributed by atoms with Crippen molar-refractivity contribution in [2.75, 3.05) is 53.5 Å². The molecular weight excluding hydrogens is 811 g/mol. The van der Waals surface area contributed by atoms with Crippen molar-refractivity contribution in [1.82, 2.24) is 15.5 Å². The minimum atomic E-state index is -0.218. The van der Waals surface area contributed by atoms with Crippen molar-refractivity contribution in [3.63, 3.8) is 0 Å². The van der Waals surface area contributed by atoms with Gasteiger partial charge in [-0.25, -0.2) is 0 Å². The number of hydrogen-bond acceptors (Lipinski definition) is 9. The number of rotatable bonds is 52. The Kier molecular flexibility index (Phi) is 48.9. The predicted molar refractivity (Wildman–Crippen MR) is 276 cm³/mol. The van der Waals surface area contributed by atoms with Gasteiger partial charge in [-0.3, -0.25) is 19.7 Å². The maximum absolute atomic E-state index is 13.0. The molecule has 0 heterocycles. The van der Waals surface area contributed by atoms with Crippen molar-refractivity contribution >= 4 is 17.9 Å². The lowest BCUT2D eigenvalue weighted by Crippen LogP contribution is -2.34. The third-order valence-corrected chi connectivity index (χ3v) is 13.1. The maximum Gasteiger partial charge on any atom is 0.308 e. The molecule has 0 bridgehead atoms. The van der Waals surface area contributed by atoms with Crippen molar-refractivity contribution in [2.45, 2.75) is 278 Å². The summed E-state index contributed by atoms with van der Waals surface area (Å²) in [4.78, 5) is 40.9. The number of nitrogens with one attached hydrogen (secondary N) is 2. The average molecular weight is 923 g/mol. The second kappa shape index (κ2) is 50.2. The van der Waals surface area contributed by atoms with Gasteiger partial charge >= 0.3 is 17.9 Å². The van der Waals surface area contributed by atoms with Gasteiger partial charge in [0.2, 0.25) is 0 Å². The lowest BCUT2D eigenvalue weighted by molar-refractivity contribution is -0.151. The van der Waals surface area contributed by atoms with E-state index < -0.39 is 0 Å². The van der Waals surface area contributed by atoms with Crippen LogP contribution < -0.4 is 10.6 Å². The van der Waals surface area contributed by atoms with Crippen LogP contribution in [-0.4, -0.2) is 82.5 Å². The van der Waals surface area contributed by atoms with E-state index in [1.54, 1.807) is 0 Å². The molecule has 0 aromatic rings. The molecule has 3 unspecified atom stereocenters. The molecule has 3 atom stereocenters. The fraction of sp³-hybridized carbons (Fsp3) is 0.946. The van der Waals surface area contributed by atoms with Gasteiger partial charge in [-0.05, 0) is 117 Å². The van der Waals surface area contributed by atoms with Crippen molar-refractivity contribution in [1.29, 1.82) is 0 Å². The number of ether oxygens (including phenoxy) is 3. The zero-order valence-electron chi connectivity index (χ0n) is 44.2. The van der Waals surface area contributed by atoms with Crippen molar-refractivity contribution < 1.29 is 28.6 Å². The maximum atomic E-state index is 13.0. The smallest absolute Gasteiger partial charge is 0.308 e. The van der Waals surface area contributed by atoms with Crippen LogP contribution in [0.4, 0.5) is 0 Å². The average Bonchev–Trinajstić information content (AvgIpc) is 3.29. The van der Waals surface area contributed by atoms with Crippen LogP contribution in [0.1, 0.15) is 272 Å². The molecule has 0 amide bonds. The van der Waals surface area contributed by atoms with Crippen molar-refractivity contribution in [2.24, 2.45) is 11.8 Å². The van der Waals surface area contributed by atoms with Gasteiger partial charge in [-0.15, -0.1) is 0 Å². The first-order valence-corrected chi connectivity index (χ1v) is 28.4. The Bertz CT molecular complexity index is 964. The highest BCUT2D eigenvalue weighted by Gasteiger charge is 2.21. The molecular formula is C56H111N3O6. The molecule has 9 heteroatoms. The molecule has 386 valence electrons. The van der Waals surface area contributed by atoms with Gasteiger partial charge in [0.25, 0.3) is 0 Å². The van der Waals surface area contributed by atoms with Crippen LogP contribution in [0.25, 0.3) is 0 Å². The van der Waals surface area contributed by atoms with Crippen LogP contribution >= 0.6 is 0 Å². The minimum absolute atomic E-state index is 0.00752. The second-order valence-corrected chi connectivity index (χ2v) is 19.8. The molecule has 0 spiro atoms. The molecule has 0 aliphatic rings. The van der Waals surface area contributed by atoms with Gasteiger partial charge in [-0.1, -0.05) is 188 Å². The highest BCUT2D eigenvalue weighted by Crippen LogP contribution is 2.22. The summed E-state index contributed by atoms with van der Waals surface area (Å²) in [6, 6.07) is 0. The molecule has 9 nitrogen and oxygen atoms in total. The van der Waals surface area contributed by atoms with E-state index in [2.05, 4.69) is 57.3 Å². The predicted octanol–water partition coefficient (Wildman–Crippen LogP) is 14.8. The molecule has 0 aliphatic heterocycles. The standard InChI is InChI=1S/C56H111N3O6/c1-7-11-15-18-24-31-40-51(39-29-16-12-8-2)55(61)63-49-37-27-22-19-20-25-32-42-53(65-54(60)43-33-36-48-59(5)6)58-46-35-26-21-23-28-38-50-64-56(62)52(41-30-17-13-9-3)44-47-57-45-34-14-10-4/h51-53,57-58H,7-50H2,1-6H3. The number of nitrogens with zero attached hydrogens (tertiary/aromatic N) is 1. The molecule has 0 aliphatic carbocycles. The van der Waals surface area contributed by atoms with E-state index in [4.69, 9.17) is 14.2 Å². The summed E-state index contributed by atoms with van der Waals surface area (Å²) in [6.45, 7) is 13.8. The Morgan fingerprint density at radius 2 is 0.815 bits per heavy atom. The highest BCUT2D eigenvalue weighted by atomic mass is 16.6. The summed E-state index contributed by atoms with van der Waals surface area (Å²) in [6.07, 6.45) is 41.9. The number of hydrogen-bond donors (Lipinski definition) is 2.